The minimum atomic E-state index is 0.438. The summed E-state index contributed by atoms with van der Waals surface area (Å²) >= 11 is 0. The van der Waals surface area contributed by atoms with Gasteiger partial charge in [-0.15, -0.1) is 0 Å². The van der Waals surface area contributed by atoms with Gasteiger partial charge in [0.25, 0.3) is 0 Å². The Morgan fingerprint density at radius 3 is 2.52 bits per heavy atom. The Morgan fingerprint density at radius 1 is 1.14 bits per heavy atom. The summed E-state index contributed by atoms with van der Waals surface area (Å²) in [5.41, 5.74) is 4.51. The molecule has 1 aromatic heterocycles. The second-order valence-corrected chi connectivity index (χ2v) is 5.67. The van der Waals surface area contributed by atoms with Gasteiger partial charge in [-0.1, -0.05) is 44.2 Å². The van der Waals surface area contributed by atoms with Crippen molar-refractivity contribution in [3.05, 3.63) is 58.8 Å². The first-order valence-electron chi connectivity index (χ1n) is 7.43. The highest BCUT2D eigenvalue weighted by Gasteiger charge is 2.11. The Hall–Kier alpha value is -1.87. The average molecular weight is 284 g/mol. The Morgan fingerprint density at radius 2 is 1.86 bits per heavy atom. The van der Waals surface area contributed by atoms with Crippen LogP contribution in [0.5, 0.6) is 5.88 Å². The van der Waals surface area contributed by atoms with Crippen LogP contribution in [0.2, 0.25) is 0 Å². The van der Waals surface area contributed by atoms with Crippen molar-refractivity contribution in [2.75, 3.05) is 0 Å². The lowest BCUT2D eigenvalue weighted by Gasteiger charge is -2.16. The van der Waals surface area contributed by atoms with E-state index in [4.69, 9.17) is 4.74 Å². The fourth-order valence-corrected chi connectivity index (χ4v) is 2.20. The smallest absolute Gasteiger partial charge is 0.218 e. The van der Waals surface area contributed by atoms with Gasteiger partial charge >= 0.3 is 0 Å². The molecule has 0 fully saturated rings. The van der Waals surface area contributed by atoms with E-state index in [1.54, 1.807) is 0 Å². The van der Waals surface area contributed by atoms with Crippen molar-refractivity contribution in [3.63, 3.8) is 0 Å². The third-order valence-corrected chi connectivity index (χ3v) is 3.34. The van der Waals surface area contributed by atoms with Crippen LogP contribution in [0, 0.1) is 13.8 Å². The summed E-state index contributed by atoms with van der Waals surface area (Å²) in [5.74, 6) is 0.740. The summed E-state index contributed by atoms with van der Waals surface area (Å²) in [6.07, 6.45) is 0. The molecule has 1 N–H and O–H groups in total. The quantitative estimate of drug-likeness (QED) is 0.876. The first-order chi connectivity index (χ1) is 10.1. The number of hydrogen-bond acceptors (Lipinski definition) is 3. The maximum Gasteiger partial charge on any atom is 0.218 e. The van der Waals surface area contributed by atoms with E-state index < -0.39 is 0 Å². The van der Waals surface area contributed by atoms with Gasteiger partial charge in [0.1, 0.15) is 6.61 Å². The molecule has 0 aliphatic rings. The van der Waals surface area contributed by atoms with Crippen molar-refractivity contribution in [1.29, 1.82) is 0 Å². The maximum atomic E-state index is 5.97. The van der Waals surface area contributed by atoms with Crippen LogP contribution < -0.4 is 10.1 Å². The number of ether oxygens (including phenoxy) is 1. The molecule has 0 radical (unpaired) electrons. The summed E-state index contributed by atoms with van der Waals surface area (Å²) in [5, 5.41) is 3.44. The molecule has 0 saturated carbocycles. The predicted molar refractivity (Wildman–Crippen MR) is 86.5 cm³/mol. The normalized spacial score (nSPS) is 10.9. The second kappa shape index (κ2) is 7.23. The van der Waals surface area contributed by atoms with Crippen molar-refractivity contribution in [3.8, 4) is 5.88 Å². The molecule has 0 spiro atoms. The summed E-state index contributed by atoms with van der Waals surface area (Å²) in [7, 11) is 0. The molecule has 0 atom stereocenters. The lowest BCUT2D eigenvalue weighted by atomic mass is 10.1. The molecule has 2 rings (SSSR count). The fourth-order valence-electron chi connectivity index (χ4n) is 2.20. The molecule has 0 bridgehead atoms. The van der Waals surface area contributed by atoms with Gasteiger partial charge in [-0.05, 0) is 31.0 Å². The highest BCUT2D eigenvalue weighted by molar-refractivity contribution is 5.36. The summed E-state index contributed by atoms with van der Waals surface area (Å²) in [6.45, 7) is 9.72. The molecule has 0 aliphatic heterocycles. The van der Waals surface area contributed by atoms with Gasteiger partial charge in [0.2, 0.25) is 5.88 Å². The SMILES string of the molecule is Cc1cc(C)c(CNC(C)C)c(OCc2ccccc2)n1. The van der Waals surface area contributed by atoms with Crippen molar-refractivity contribution in [2.24, 2.45) is 0 Å². The molecule has 1 heterocycles. The van der Waals surface area contributed by atoms with Crippen molar-refractivity contribution in [2.45, 2.75) is 46.9 Å². The van der Waals surface area contributed by atoms with Gasteiger partial charge in [0.05, 0.1) is 0 Å². The van der Waals surface area contributed by atoms with Crippen molar-refractivity contribution >= 4 is 0 Å². The van der Waals surface area contributed by atoms with Crippen LogP contribution in [-0.2, 0) is 13.2 Å². The predicted octanol–water partition coefficient (Wildman–Crippen LogP) is 3.78. The van der Waals surface area contributed by atoms with E-state index in [1.165, 1.54) is 5.56 Å². The number of pyridine rings is 1. The first-order valence-corrected chi connectivity index (χ1v) is 7.43. The van der Waals surface area contributed by atoms with E-state index in [2.05, 4.69) is 49.3 Å². The van der Waals surface area contributed by atoms with Crippen LogP contribution in [0.15, 0.2) is 36.4 Å². The number of aryl methyl sites for hydroxylation is 2. The molecule has 112 valence electrons. The minimum Gasteiger partial charge on any atom is -0.473 e. The lowest BCUT2D eigenvalue weighted by molar-refractivity contribution is 0.288. The number of benzene rings is 1. The number of rotatable bonds is 6. The minimum absolute atomic E-state index is 0.438. The number of nitrogens with zero attached hydrogens (tertiary/aromatic N) is 1. The zero-order valence-corrected chi connectivity index (χ0v) is 13.3. The molecule has 2 aromatic rings. The average Bonchev–Trinajstić information content (AvgIpc) is 2.44. The van der Waals surface area contributed by atoms with Crippen LogP contribution >= 0.6 is 0 Å². The highest BCUT2D eigenvalue weighted by Crippen LogP contribution is 2.22. The summed E-state index contributed by atoms with van der Waals surface area (Å²) < 4.78 is 5.97. The third-order valence-electron chi connectivity index (χ3n) is 3.34. The molecule has 1 aromatic carbocycles. The highest BCUT2D eigenvalue weighted by atomic mass is 16.5. The molecule has 0 saturated heterocycles. The van der Waals surface area contributed by atoms with Crippen LogP contribution in [0.4, 0.5) is 0 Å². The maximum absolute atomic E-state index is 5.97. The van der Waals surface area contributed by atoms with E-state index in [1.807, 2.05) is 25.1 Å². The van der Waals surface area contributed by atoms with Crippen molar-refractivity contribution in [1.82, 2.24) is 10.3 Å². The van der Waals surface area contributed by atoms with E-state index >= 15 is 0 Å². The van der Waals surface area contributed by atoms with Gasteiger partial charge in [-0.2, -0.15) is 0 Å². The number of hydrogen-bond donors (Lipinski definition) is 1. The Labute approximate surface area is 127 Å². The van der Waals surface area contributed by atoms with Gasteiger partial charge < -0.3 is 10.1 Å². The summed E-state index contributed by atoms with van der Waals surface area (Å²) in [6, 6.07) is 12.7. The fraction of sp³-hybridized carbons (Fsp3) is 0.389. The Kier molecular flexibility index (Phi) is 5.34. The molecule has 0 amide bonds. The van der Waals surface area contributed by atoms with Crippen LogP contribution in [0.25, 0.3) is 0 Å². The van der Waals surface area contributed by atoms with Gasteiger partial charge in [0.15, 0.2) is 0 Å². The number of nitrogens with one attached hydrogen (secondary N) is 1. The van der Waals surface area contributed by atoms with E-state index in [0.717, 1.165) is 29.2 Å². The van der Waals surface area contributed by atoms with Gasteiger partial charge in [-0.3, -0.25) is 0 Å². The molecular weight excluding hydrogens is 260 g/mol. The van der Waals surface area contributed by atoms with Crippen LogP contribution in [0.1, 0.15) is 36.2 Å². The van der Waals surface area contributed by atoms with E-state index in [-0.39, 0.29) is 0 Å². The van der Waals surface area contributed by atoms with Crippen LogP contribution in [-0.4, -0.2) is 11.0 Å². The van der Waals surface area contributed by atoms with E-state index in [9.17, 15) is 0 Å². The number of aromatic nitrogens is 1. The Bertz CT molecular complexity index is 579. The molecular formula is C18H24N2O. The monoisotopic (exact) mass is 284 g/mol. The largest absolute Gasteiger partial charge is 0.473 e. The Balaban J connectivity index is 2.16. The third kappa shape index (κ3) is 4.57. The van der Waals surface area contributed by atoms with Crippen LogP contribution in [0.3, 0.4) is 0 Å². The molecule has 3 heteroatoms. The second-order valence-electron chi connectivity index (χ2n) is 5.67. The van der Waals surface area contributed by atoms with E-state index in [0.29, 0.717) is 12.6 Å². The first kappa shape index (κ1) is 15.5. The van der Waals surface area contributed by atoms with Crippen molar-refractivity contribution < 1.29 is 4.74 Å². The molecule has 21 heavy (non-hydrogen) atoms. The standard InChI is InChI=1S/C18H24N2O/c1-13(2)19-11-17-14(3)10-15(4)20-18(17)21-12-16-8-6-5-7-9-16/h5-10,13,19H,11-12H2,1-4H3. The molecule has 3 nitrogen and oxygen atoms in total. The van der Waals surface area contributed by atoms with Gasteiger partial charge in [0, 0.05) is 23.8 Å². The zero-order chi connectivity index (χ0) is 15.2. The topological polar surface area (TPSA) is 34.1 Å². The molecule has 0 aliphatic carbocycles. The lowest BCUT2D eigenvalue weighted by Crippen LogP contribution is -2.23. The zero-order valence-electron chi connectivity index (χ0n) is 13.3. The van der Waals surface area contributed by atoms with Gasteiger partial charge in [-0.25, -0.2) is 4.98 Å². The molecule has 0 unspecified atom stereocenters. The summed E-state index contributed by atoms with van der Waals surface area (Å²) in [4.78, 5) is 4.56.